The van der Waals surface area contributed by atoms with Crippen LogP contribution < -0.4 is 5.73 Å². The number of rotatable bonds is 8. The first-order valence-electron chi connectivity index (χ1n) is 11.7. The maximum Gasteiger partial charge on any atom is 0.223 e. The van der Waals surface area contributed by atoms with E-state index >= 15 is 0 Å². The molecule has 1 unspecified atom stereocenters. The average Bonchev–Trinajstić information content (AvgIpc) is 3.08. The second-order valence-corrected chi connectivity index (χ2v) is 9.60. The number of hydrogen-bond acceptors (Lipinski definition) is 2. The maximum absolute atomic E-state index is 12.6. The van der Waals surface area contributed by atoms with E-state index in [0.717, 1.165) is 32.1 Å². The topological polar surface area (TPSA) is 63.4 Å². The van der Waals surface area contributed by atoms with E-state index in [-0.39, 0.29) is 11.8 Å². The Kier molecular flexibility index (Phi) is 7.06. The second kappa shape index (κ2) is 10.1. The van der Waals surface area contributed by atoms with Gasteiger partial charge in [-0.15, -0.1) is 0 Å². The van der Waals surface area contributed by atoms with Crippen LogP contribution in [0.1, 0.15) is 56.1 Å². The summed E-state index contributed by atoms with van der Waals surface area (Å²) in [7, 11) is 0. The molecule has 2 N–H and O–H groups in total. The highest BCUT2D eigenvalue weighted by molar-refractivity contribution is 5.78. The third-order valence-corrected chi connectivity index (χ3v) is 7.11. The molecule has 1 aliphatic heterocycles. The van der Waals surface area contributed by atoms with Crippen molar-refractivity contribution in [3.05, 3.63) is 71.8 Å². The highest BCUT2D eigenvalue weighted by Crippen LogP contribution is 2.40. The van der Waals surface area contributed by atoms with Gasteiger partial charge in [0.05, 0.1) is 0 Å². The first-order valence-corrected chi connectivity index (χ1v) is 11.7. The van der Waals surface area contributed by atoms with E-state index in [4.69, 9.17) is 5.73 Å². The quantitative estimate of drug-likeness (QED) is 0.674. The molecule has 4 atom stereocenters. The van der Waals surface area contributed by atoms with Crippen molar-refractivity contribution < 1.29 is 9.59 Å². The minimum Gasteiger partial charge on any atom is -0.370 e. The predicted molar refractivity (Wildman–Crippen MR) is 123 cm³/mol. The molecular weight excluding hydrogens is 384 g/mol. The van der Waals surface area contributed by atoms with E-state index in [1.807, 2.05) is 18.2 Å². The summed E-state index contributed by atoms with van der Waals surface area (Å²) < 4.78 is 0. The van der Waals surface area contributed by atoms with Gasteiger partial charge in [-0.3, -0.25) is 9.59 Å². The Balaban J connectivity index is 1.43. The van der Waals surface area contributed by atoms with Crippen molar-refractivity contribution in [1.82, 2.24) is 4.90 Å². The van der Waals surface area contributed by atoms with Crippen molar-refractivity contribution >= 4 is 11.8 Å². The van der Waals surface area contributed by atoms with Gasteiger partial charge in [0.25, 0.3) is 0 Å². The number of primary amides is 1. The first kappa shape index (κ1) is 21.6. The van der Waals surface area contributed by atoms with Crippen molar-refractivity contribution in [2.45, 2.75) is 64.0 Å². The molecule has 4 heteroatoms. The summed E-state index contributed by atoms with van der Waals surface area (Å²) in [6, 6.07) is 21.2. The largest absolute Gasteiger partial charge is 0.370 e. The molecule has 1 aliphatic carbocycles. The molecular formula is C27H34N2O2. The number of carbonyl (C=O) groups is 2. The number of carbonyl (C=O) groups excluding carboxylic acids is 2. The fourth-order valence-electron chi connectivity index (χ4n) is 5.88. The standard InChI is InChI=1S/C27H34N2O2/c28-26(30)18-24-15-22(13-20-7-3-1-4-8-20)14-23(16-24)17-25-11-12-27(31)29(25)19-21-9-5-2-6-10-21/h1-10,22-25H,11-19H2,(H2,28,30)/t22-,23+,24?,25+/m1/s1. The smallest absolute Gasteiger partial charge is 0.223 e. The summed E-state index contributed by atoms with van der Waals surface area (Å²) in [6.07, 6.45) is 7.49. The lowest BCUT2D eigenvalue weighted by atomic mass is 9.70. The van der Waals surface area contributed by atoms with Crippen molar-refractivity contribution in [3.63, 3.8) is 0 Å². The molecule has 0 radical (unpaired) electrons. The van der Waals surface area contributed by atoms with E-state index in [2.05, 4.69) is 47.4 Å². The lowest BCUT2D eigenvalue weighted by Gasteiger charge is -2.37. The number of nitrogens with two attached hydrogens (primary N) is 1. The van der Waals surface area contributed by atoms with Crippen molar-refractivity contribution in [3.8, 4) is 0 Å². The van der Waals surface area contributed by atoms with Gasteiger partial charge >= 0.3 is 0 Å². The van der Waals surface area contributed by atoms with Gasteiger partial charge in [-0.25, -0.2) is 0 Å². The molecule has 0 bridgehead atoms. The summed E-state index contributed by atoms with van der Waals surface area (Å²) in [6.45, 7) is 0.704. The summed E-state index contributed by atoms with van der Waals surface area (Å²) in [5, 5.41) is 0. The summed E-state index contributed by atoms with van der Waals surface area (Å²) >= 11 is 0. The molecule has 31 heavy (non-hydrogen) atoms. The molecule has 2 amide bonds. The van der Waals surface area contributed by atoms with Crippen LogP contribution in [-0.2, 0) is 22.6 Å². The Bertz CT molecular complexity index is 867. The Hall–Kier alpha value is -2.62. The first-order chi connectivity index (χ1) is 15.1. The van der Waals surface area contributed by atoms with Crippen LogP contribution in [0.4, 0.5) is 0 Å². The highest BCUT2D eigenvalue weighted by Gasteiger charge is 2.36. The van der Waals surface area contributed by atoms with Crippen LogP contribution in [0.3, 0.4) is 0 Å². The molecule has 0 aromatic heterocycles. The molecule has 164 valence electrons. The molecule has 4 nitrogen and oxygen atoms in total. The van der Waals surface area contributed by atoms with Crippen LogP contribution in [0, 0.1) is 17.8 Å². The van der Waals surface area contributed by atoms with Crippen LogP contribution in [0.2, 0.25) is 0 Å². The fourth-order valence-corrected chi connectivity index (χ4v) is 5.88. The zero-order valence-corrected chi connectivity index (χ0v) is 18.3. The summed E-state index contributed by atoms with van der Waals surface area (Å²) in [5.74, 6) is 1.57. The van der Waals surface area contributed by atoms with Crippen molar-refractivity contribution in [1.29, 1.82) is 0 Å². The van der Waals surface area contributed by atoms with Gasteiger partial charge in [-0.2, -0.15) is 0 Å². The Morgan fingerprint density at radius 1 is 0.871 bits per heavy atom. The van der Waals surface area contributed by atoms with Gasteiger partial charge in [0.15, 0.2) is 0 Å². The van der Waals surface area contributed by atoms with Gasteiger partial charge in [-0.05, 0) is 67.4 Å². The second-order valence-electron chi connectivity index (χ2n) is 9.60. The maximum atomic E-state index is 12.6. The van der Waals surface area contributed by atoms with Crippen LogP contribution >= 0.6 is 0 Å². The van der Waals surface area contributed by atoms with Gasteiger partial charge in [0.1, 0.15) is 0 Å². The van der Waals surface area contributed by atoms with Crippen LogP contribution in [-0.4, -0.2) is 22.8 Å². The van der Waals surface area contributed by atoms with E-state index in [0.29, 0.717) is 43.2 Å². The van der Waals surface area contributed by atoms with Crippen LogP contribution in [0.25, 0.3) is 0 Å². The number of likely N-dealkylation sites (tertiary alicyclic amines) is 1. The Labute approximate surface area is 185 Å². The van der Waals surface area contributed by atoms with E-state index < -0.39 is 0 Å². The van der Waals surface area contributed by atoms with E-state index in [9.17, 15) is 9.59 Å². The van der Waals surface area contributed by atoms with Gasteiger partial charge < -0.3 is 10.6 Å². The fraction of sp³-hybridized carbons (Fsp3) is 0.481. The molecule has 1 saturated heterocycles. The zero-order chi connectivity index (χ0) is 21.6. The monoisotopic (exact) mass is 418 g/mol. The third-order valence-electron chi connectivity index (χ3n) is 7.11. The lowest BCUT2D eigenvalue weighted by Crippen LogP contribution is -2.36. The molecule has 1 saturated carbocycles. The molecule has 2 fully saturated rings. The van der Waals surface area contributed by atoms with E-state index in [1.165, 1.54) is 17.5 Å². The summed E-state index contributed by atoms with van der Waals surface area (Å²) in [5.41, 5.74) is 8.13. The highest BCUT2D eigenvalue weighted by atomic mass is 16.2. The van der Waals surface area contributed by atoms with Gasteiger partial charge in [0, 0.05) is 25.4 Å². The Morgan fingerprint density at radius 3 is 2.16 bits per heavy atom. The zero-order valence-electron chi connectivity index (χ0n) is 18.3. The Morgan fingerprint density at radius 2 is 1.48 bits per heavy atom. The number of benzene rings is 2. The normalized spacial score (nSPS) is 26.2. The minimum absolute atomic E-state index is 0.189. The molecule has 0 spiro atoms. The predicted octanol–water partition coefficient (Wildman–Crippen LogP) is 4.72. The lowest BCUT2D eigenvalue weighted by molar-refractivity contribution is -0.129. The van der Waals surface area contributed by atoms with Gasteiger partial charge in [-0.1, -0.05) is 60.7 Å². The number of amides is 2. The van der Waals surface area contributed by atoms with Crippen molar-refractivity contribution in [2.24, 2.45) is 23.5 Å². The van der Waals surface area contributed by atoms with Crippen molar-refractivity contribution in [2.75, 3.05) is 0 Å². The molecule has 1 heterocycles. The molecule has 2 aromatic rings. The molecule has 2 aliphatic rings. The van der Waals surface area contributed by atoms with Gasteiger partial charge in [0.2, 0.25) is 11.8 Å². The van der Waals surface area contributed by atoms with E-state index in [1.54, 1.807) is 0 Å². The van der Waals surface area contributed by atoms with Crippen LogP contribution in [0.15, 0.2) is 60.7 Å². The third kappa shape index (κ3) is 5.96. The number of nitrogens with zero attached hydrogens (tertiary/aromatic N) is 1. The summed E-state index contributed by atoms with van der Waals surface area (Å²) in [4.78, 5) is 26.4. The molecule has 2 aromatic carbocycles. The van der Waals surface area contributed by atoms with Crippen LogP contribution in [0.5, 0.6) is 0 Å². The SMILES string of the molecule is NC(=O)CC1C[C@@H](C[C@@H]2CCC(=O)N2Cc2ccccc2)C[C@@H](Cc2ccccc2)C1. The minimum atomic E-state index is -0.189. The number of hydrogen-bond donors (Lipinski definition) is 1. The molecule has 4 rings (SSSR count). The average molecular weight is 419 g/mol.